The minimum atomic E-state index is -0.813. The van der Waals surface area contributed by atoms with E-state index in [0.717, 1.165) is 28.0 Å². The topological polar surface area (TPSA) is 58.6 Å². The molecule has 0 aliphatic carbocycles. The molecule has 0 heterocycles. The Morgan fingerprint density at radius 3 is 2.00 bits per heavy atom. The maximum atomic E-state index is 13.8. The Labute approximate surface area is 222 Å². The Balaban J connectivity index is 1.66. The standard InChI is InChI=1S/C31H29ClN2O3/c1-37-28-18-14-25(15-19-28)22-34(29(35)20-23-8-4-2-5-9-23)30(26-10-6-3-7-11-26)31(36)33-21-24-12-16-27(32)17-13-24/h2-19,30H,20-22H2,1H3,(H,33,36). The summed E-state index contributed by atoms with van der Waals surface area (Å²) >= 11 is 6.00. The summed E-state index contributed by atoms with van der Waals surface area (Å²) in [7, 11) is 1.61. The second kappa shape index (κ2) is 12.7. The number of nitrogens with one attached hydrogen (secondary N) is 1. The second-order valence-corrected chi connectivity index (χ2v) is 9.13. The van der Waals surface area contributed by atoms with Gasteiger partial charge < -0.3 is 15.0 Å². The van der Waals surface area contributed by atoms with Crippen molar-refractivity contribution < 1.29 is 14.3 Å². The van der Waals surface area contributed by atoms with E-state index in [1.165, 1.54) is 0 Å². The van der Waals surface area contributed by atoms with E-state index in [1.54, 1.807) is 24.1 Å². The molecule has 0 saturated carbocycles. The molecule has 5 nitrogen and oxygen atoms in total. The molecule has 0 saturated heterocycles. The van der Waals surface area contributed by atoms with Gasteiger partial charge in [-0.3, -0.25) is 9.59 Å². The highest BCUT2D eigenvalue weighted by molar-refractivity contribution is 6.30. The number of benzene rings is 4. The minimum absolute atomic E-state index is 0.141. The van der Waals surface area contributed by atoms with Gasteiger partial charge in [-0.1, -0.05) is 96.5 Å². The normalized spacial score (nSPS) is 11.4. The van der Waals surface area contributed by atoms with Crippen LogP contribution in [0.3, 0.4) is 0 Å². The van der Waals surface area contributed by atoms with Crippen molar-refractivity contribution >= 4 is 23.4 Å². The third-order valence-corrected chi connectivity index (χ3v) is 6.34. The van der Waals surface area contributed by atoms with Crippen LogP contribution in [0.1, 0.15) is 28.3 Å². The monoisotopic (exact) mass is 512 g/mol. The van der Waals surface area contributed by atoms with Gasteiger partial charge in [-0.25, -0.2) is 0 Å². The van der Waals surface area contributed by atoms with E-state index >= 15 is 0 Å². The van der Waals surface area contributed by atoms with Crippen molar-refractivity contribution in [3.05, 3.63) is 136 Å². The van der Waals surface area contributed by atoms with Gasteiger partial charge in [0.05, 0.1) is 13.5 Å². The number of halogens is 1. The van der Waals surface area contributed by atoms with Crippen LogP contribution in [0.5, 0.6) is 5.75 Å². The summed E-state index contributed by atoms with van der Waals surface area (Å²) in [4.78, 5) is 29.2. The van der Waals surface area contributed by atoms with E-state index < -0.39 is 6.04 Å². The zero-order valence-electron chi connectivity index (χ0n) is 20.6. The highest BCUT2D eigenvalue weighted by Crippen LogP contribution is 2.26. The lowest BCUT2D eigenvalue weighted by Gasteiger charge is -2.32. The molecular formula is C31H29ClN2O3. The number of nitrogens with zero attached hydrogens (tertiary/aromatic N) is 1. The van der Waals surface area contributed by atoms with Crippen LogP contribution >= 0.6 is 11.6 Å². The third kappa shape index (κ3) is 7.21. The van der Waals surface area contributed by atoms with Gasteiger partial charge in [0.15, 0.2) is 0 Å². The predicted molar refractivity (Wildman–Crippen MR) is 146 cm³/mol. The van der Waals surface area contributed by atoms with Crippen molar-refractivity contribution in [2.75, 3.05) is 7.11 Å². The van der Waals surface area contributed by atoms with Crippen LogP contribution in [0.25, 0.3) is 0 Å². The molecule has 37 heavy (non-hydrogen) atoms. The molecule has 4 rings (SSSR count). The Kier molecular flexibility index (Phi) is 8.95. The first kappa shape index (κ1) is 26.0. The molecule has 0 radical (unpaired) electrons. The van der Waals surface area contributed by atoms with Gasteiger partial charge in [0.1, 0.15) is 11.8 Å². The summed E-state index contributed by atoms with van der Waals surface area (Å²) in [5, 5.41) is 3.66. The Hall–Kier alpha value is -4.09. The van der Waals surface area contributed by atoms with Crippen LogP contribution in [0.2, 0.25) is 5.02 Å². The van der Waals surface area contributed by atoms with Crippen molar-refractivity contribution in [3.8, 4) is 5.75 Å². The zero-order valence-corrected chi connectivity index (χ0v) is 21.4. The number of amides is 2. The van der Waals surface area contributed by atoms with Gasteiger partial charge in [0.2, 0.25) is 11.8 Å². The van der Waals surface area contributed by atoms with Crippen molar-refractivity contribution in [2.24, 2.45) is 0 Å². The number of ether oxygens (including phenoxy) is 1. The molecule has 0 aromatic heterocycles. The summed E-state index contributed by atoms with van der Waals surface area (Å²) in [5.41, 5.74) is 3.45. The van der Waals surface area contributed by atoms with Gasteiger partial charge in [0.25, 0.3) is 0 Å². The van der Waals surface area contributed by atoms with E-state index in [2.05, 4.69) is 5.32 Å². The molecule has 1 atom stereocenters. The molecule has 2 amide bonds. The van der Waals surface area contributed by atoms with Gasteiger partial charge in [0, 0.05) is 18.1 Å². The number of carbonyl (C=O) groups is 2. The molecule has 4 aromatic rings. The first-order valence-corrected chi connectivity index (χ1v) is 12.4. The molecule has 0 aliphatic rings. The smallest absolute Gasteiger partial charge is 0.247 e. The number of methoxy groups -OCH3 is 1. The Bertz CT molecular complexity index is 1290. The fourth-order valence-electron chi connectivity index (χ4n) is 4.12. The molecule has 0 spiro atoms. The Morgan fingerprint density at radius 1 is 0.784 bits per heavy atom. The summed E-state index contributed by atoms with van der Waals surface area (Å²) in [5.74, 6) is 0.333. The van der Waals surface area contributed by atoms with Gasteiger partial charge in [-0.05, 0) is 46.5 Å². The summed E-state index contributed by atoms with van der Waals surface area (Å²) in [6, 6.07) is 33.0. The average Bonchev–Trinajstić information content (AvgIpc) is 2.94. The maximum absolute atomic E-state index is 13.8. The molecule has 188 valence electrons. The molecule has 0 bridgehead atoms. The van der Waals surface area contributed by atoms with Crippen molar-refractivity contribution in [1.82, 2.24) is 10.2 Å². The van der Waals surface area contributed by atoms with E-state index in [9.17, 15) is 9.59 Å². The van der Waals surface area contributed by atoms with E-state index in [4.69, 9.17) is 16.3 Å². The number of rotatable bonds is 10. The molecule has 1 unspecified atom stereocenters. The number of hydrogen-bond donors (Lipinski definition) is 1. The molecule has 4 aromatic carbocycles. The van der Waals surface area contributed by atoms with Crippen LogP contribution in [0.15, 0.2) is 109 Å². The molecule has 1 N–H and O–H groups in total. The largest absolute Gasteiger partial charge is 0.497 e. The predicted octanol–water partition coefficient (Wildman–Crippen LogP) is 5.98. The average molecular weight is 513 g/mol. The first-order chi connectivity index (χ1) is 18.0. The Morgan fingerprint density at radius 2 is 1.38 bits per heavy atom. The van der Waals surface area contributed by atoms with Crippen molar-refractivity contribution in [2.45, 2.75) is 25.6 Å². The van der Waals surface area contributed by atoms with Crippen molar-refractivity contribution in [1.29, 1.82) is 0 Å². The first-order valence-electron chi connectivity index (χ1n) is 12.1. The van der Waals surface area contributed by atoms with Gasteiger partial charge in [-0.15, -0.1) is 0 Å². The van der Waals surface area contributed by atoms with Gasteiger partial charge in [-0.2, -0.15) is 0 Å². The number of hydrogen-bond acceptors (Lipinski definition) is 3. The lowest BCUT2D eigenvalue weighted by atomic mass is 10.0. The van der Waals surface area contributed by atoms with E-state index in [0.29, 0.717) is 11.6 Å². The fourth-order valence-corrected chi connectivity index (χ4v) is 4.25. The quantitative estimate of drug-likeness (QED) is 0.284. The SMILES string of the molecule is COc1ccc(CN(C(=O)Cc2ccccc2)C(C(=O)NCc2ccc(Cl)cc2)c2ccccc2)cc1. The molecular weight excluding hydrogens is 484 g/mol. The highest BCUT2D eigenvalue weighted by atomic mass is 35.5. The molecule has 0 fully saturated rings. The minimum Gasteiger partial charge on any atom is -0.497 e. The lowest BCUT2D eigenvalue weighted by Crippen LogP contribution is -2.43. The summed E-state index contributed by atoms with van der Waals surface area (Å²) in [6.07, 6.45) is 0.185. The van der Waals surface area contributed by atoms with Crippen LogP contribution < -0.4 is 10.1 Å². The molecule has 0 aliphatic heterocycles. The zero-order chi connectivity index (χ0) is 26.0. The number of carbonyl (C=O) groups excluding carboxylic acids is 2. The van der Waals surface area contributed by atoms with Crippen LogP contribution in [0, 0.1) is 0 Å². The van der Waals surface area contributed by atoms with Gasteiger partial charge >= 0.3 is 0 Å². The van der Waals surface area contributed by atoms with E-state index in [-0.39, 0.29) is 24.8 Å². The second-order valence-electron chi connectivity index (χ2n) is 8.69. The highest BCUT2D eigenvalue weighted by Gasteiger charge is 2.31. The van der Waals surface area contributed by atoms with Crippen LogP contribution in [-0.4, -0.2) is 23.8 Å². The van der Waals surface area contributed by atoms with Crippen LogP contribution in [-0.2, 0) is 29.1 Å². The third-order valence-electron chi connectivity index (χ3n) is 6.09. The fraction of sp³-hybridized carbons (Fsp3) is 0.161. The maximum Gasteiger partial charge on any atom is 0.247 e. The molecule has 6 heteroatoms. The van der Waals surface area contributed by atoms with Crippen LogP contribution in [0.4, 0.5) is 0 Å². The summed E-state index contributed by atoms with van der Waals surface area (Å²) in [6.45, 7) is 0.589. The lowest BCUT2D eigenvalue weighted by molar-refractivity contribution is -0.141. The summed E-state index contributed by atoms with van der Waals surface area (Å²) < 4.78 is 5.28. The van der Waals surface area contributed by atoms with Crippen molar-refractivity contribution in [3.63, 3.8) is 0 Å². The van der Waals surface area contributed by atoms with E-state index in [1.807, 2.05) is 97.1 Å².